The lowest BCUT2D eigenvalue weighted by atomic mass is 9.81. The molecule has 2 heterocycles. The third-order valence-electron chi connectivity index (χ3n) is 4.86. The summed E-state index contributed by atoms with van der Waals surface area (Å²) in [6, 6.07) is 2.00. The Labute approximate surface area is 126 Å². The van der Waals surface area contributed by atoms with E-state index in [0.29, 0.717) is 13.1 Å². The van der Waals surface area contributed by atoms with Crippen molar-refractivity contribution in [2.75, 3.05) is 25.1 Å². The number of halogens is 3. The van der Waals surface area contributed by atoms with Gasteiger partial charge in [0.15, 0.2) is 0 Å². The Hall–Kier alpha value is -1.79. The van der Waals surface area contributed by atoms with Gasteiger partial charge >= 0.3 is 12.1 Å². The maximum Gasteiger partial charge on any atom is 0.416 e. The van der Waals surface area contributed by atoms with Crippen molar-refractivity contribution >= 4 is 11.8 Å². The van der Waals surface area contributed by atoms with Crippen LogP contribution in [0.3, 0.4) is 0 Å². The molecule has 0 radical (unpaired) electrons. The van der Waals surface area contributed by atoms with Gasteiger partial charge in [0, 0.05) is 19.3 Å². The molecule has 4 nitrogen and oxygen atoms in total. The minimum atomic E-state index is -4.40. The highest BCUT2D eigenvalue weighted by Gasteiger charge is 2.55. The highest BCUT2D eigenvalue weighted by molar-refractivity contribution is 5.79. The molecule has 7 heteroatoms. The first-order chi connectivity index (χ1) is 10.4. The molecular weight excluding hydrogens is 297 g/mol. The largest absolute Gasteiger partial charge is 0.469 e. The molecule has 2 fully saturated rings. The lowest BCUT2D eigenvalue weighted by Gasteiger charge is -2.25. The third kappa shape index (κ3) is 2.32. The number of fused-ring (bicyclic) bond motifs is 1. The summed E-state index contributed by atoms with van der Waals surface area (Å²) in [7, 11) is 1.36. The monoisotopic (exact) mass is 314 g/mol. The van der Waals surface area contributed by atoms with E-state index < -0.39 is 17.2 Å². The molecule has 1 saturated carbocycles. The zero-order valence-corrected chi connectivity index (χ0v) is 12.2. The Morgan fingerprint density at radius 1 is 1.50 bits per heavy atom. The van der Waals surface area contributed by atoms with E-state index in [9.17, 15) is 18.0 Å². The minimum Gasteiger partial charge on any atom is -0.469 e. The van der Waals surface area contributed by atoms with Crippen LogP contribution in [0.15, 0.2) is 18.3 Å². The minimum absolute atomic E-state index is 0.122. The van der Waals surface area contributed by atoms with Gasteiger partial charge in [-0.1, -0.05) is 6.42 Å². The highest BCUT2D eigenvalue weighted by Crippen LogP contribution is 2.50. The zero-order valence-electron chi connectivity index (χ0n) is 12.2. The van der Waals surface area contributed by atoms with E-state index in [2.05, 4.69) is 4.98 Å². The summed E-state index contributed by atoms with van der Waals surface area (Å²) in [4.78, 5) is 18.0. The summed E-state index contributed by atoms with van der Waals surface area (Å²) in [5.74, 6) is 0.133. The van der Waals surface area contributed by atoms with E-state index in [-0.39, 0.29) is 17.7 Å². The molecule has 0 N–H and O–H groups in total. The third-order valence-corrected chi connectivity index (χ3v) is 4.86. The van der Waals surface area contributed by atoms with Gasteiger partial charge in [0.2, 0.25) is 0 Å². The molecule has 2 unspecified atom stereocenters. The van der Waals surface area contributed by atoms with E-state index >= 15 is 0 Å². The number of aromatic nitrogens is 1. The van der Waals surface area contributed by atoms with Crippen LogP contribution in [0.4, 0.5) is 19.0 Å². The lowest BCUT2D eigenvalue weighted by molar-refractivity contribution is -0.152. The Kier molecular flexibility index (Phi) is 3.53. The van der Waals surface area contributed by atoms with Gasteiger partial charge < -0.3 is 9.64 Å². The Balaban J connectivity index is 1.88. The molecule has 1 aromatic rings. The quantitative estimate of drug-likeness (QED) is 0.787. The summed E-state index contributed by atoms with van der Waals surface area (Å²) in [6.45, 7) is 0.919. The first-order valence-electron chi connectivity index (χ1n) is 7.23. The second-order valence-electron chi connectivity index (χ2n) is 6.02. The molecule has 0 amide bonds. The molecule has 3 rings (SSSR count). The van der Waals surface area contributed by atoms with Crippen LogP contribution < -0.4 is 4.90 Å². The molecule has 1 aliphatic carbocycles. The number of carbonyl (C=O) groups excluding carboxylic acids is 1. The van der Waals surface area contributed by atoms with Crippen LogP contribution in [-0.2, 0) is 15.7 Å². The smallest absolute Gasteiger partial charge is 0.416 e. The summed E-state index contributed by atoms with van der Waals surface area (Å²) in [5, 5.41) is 0. The average Bonchev–Trinajstić information content (AvgIpc) is 3.03. The van der Waals surface area contributed by atoms with Crippen LogP contribution in [0.1, 0.15) is 24.8 Å². The van der Waals surface area contributed by atoms with E-state index in [1.807, 2.05) is 0 Å². The Morgan fingerprint density at radius 3 is 2.95 bits per heavy atom. The maximum atomic E-state index is 12.8. The van der Waals surface area contributed by atoms with Crippen molar-refractivity contribution in [1.82, 2.24) is 4.98 Å². The second kappa shape index (κ2) is 5.14. The standard InChI is InChI=1S/C15H17F3N2O2/c1-22-13(21)14-5-2-3-11(14)8-20(9-14)12-7-10(4-6-19-12)15(16,17)18/h4,6-7,11H,2-3,5,8-9H2,1H3. The average molecular weight is 314 g/mol. The molecule has 0 bridgehead atoms. The van der Waals surface area contributed by atoms with Gasteiger partial charge in [0.1, 0.15) is 5.82 Å². The molecule has 1 saturated heterocycles. The number of pyridine rings is 1. The summed E-state index contributed by atoms with van der Waals surface area (Å²) in [5.41, 5.74) is -1.31. The first-order valence-corrected chi connectivity index (χ1v) is 7.23. The fraction of sp³-hybridized carbons (Fsp3) is 0.600. The predicted molar refractivity (Wildman–Crippen MR) is 73.2 cm³/mol. The molecule has 22 heavy (non-hydrogen) atoms. The van der Waals surface area contributed by atoms with Gasteiger partial charge in [-0.25, -0.2) is 4.98 Å². The second-order valence-corrected chi connectivity index (χ2v) is 6.02. The van der Waals surface area contributed by atoms with Gasteiger partial charge in [0.05, 0.1) is 18.1 Å². The number of anilines is 1. The topological polar surface area (TPSA) is 42.4 Å². The van der Waals surface area contributed by atoms with Crippen molar-refractivity contribution in [3.63, 3.8) is 0 Å². The van der Waals surface area contributed by atoms with Crippen molar-refractivity contribution in [2.24, 2.45) is 11.3 Å². The molecular formula is C15H17F3N2O2. The first kappa shape index (κ1) is 15.1. The Morgan fingerprint density at radius 2 is 2.27 bits per heavy atom. The number of alkyl halides is 3. The van der Waals surface area contributed by atoms with E-state index in [4.69, 9.17) is 4.74 Å². The number of methoxy groups -OCH3 is 1. The normalized spacial score (nSPS) is 27.8. The molecule has 1 aromatic heterocycles. The lowest BCUT2D eigenvalue weighted by Crippen LogP contribution is -2.37. The molecule has 120 valence electrons. The van der Waals surface area contributed by atoms with Crippen LogP contribution in [-0.4, -0.2) is 31.2 Å². The van der Waals surface area contributed by atoms with E-state index in [0.717, 1.165) is 37.6 Å². The summed E-state index contributed by atoms with van der Waals surface area (Å²) < 4.78 is 43.4. The fourth-order valence-corrected chi connectivity index (χ4v) is 3.77. The van der Waals surface area contributed by atoms with Crippen LogP contribution >= 0.6 is 0 Å². The number of esters is 1. The SMILES string of the molecule is COC(=O)C12CCCC1CN(c1cc(C(F)(F)F)ccn1)C2. The predicted octanol–water partition coefficient (Wildman–Crippen LogP) is 2.88. The van der Waals surface area contributed by atoms with Crippen molar-refractivity contribution < 1.29 is 22.7 Å². The van der Waals surface area contributed by atoms with Crippen LogP contribution in [0.25, 0.3) is 0 Å². The van der Waals surface area contributed by atoms with E-state index in [1.54, 1.807) is 4.90 Å². The van der Waals surface area contributed by atoms with E-state index in [1.165, 1.54) is 7.11 Å². The van der Waals surface area contributed by atoms with Gasteiger partial charge in [-0.15, -0.1) is 0 Å². The molecule has 1 aliphatic heterocycles. The van der Waals surface area contributed by atoms with Crippen molar-refractivity contribution in [3.8, 4) is 0 Å². The number of ether oxygens (including phenoxy) is 1. The van der Waals surface area contributed by atoms with Crippen molar-refractivity contribution in [2.45, 2.75) is 25.4 Å². The zero-order chi connectivity index (χ0) is 16.0. The molecule has 2 aliphatic rings. The van der Waals surface area contributed by atoms with Crippen molar-refractivity contribution in [1.29, 1.82) is 0 Å². The van der Waals surface area contributed by atoms with Crippen molar-refractivity contribution in [3.05, 3.63) is 23.9 Å². The highest BCUT2D eigenvalue weighted by atomic mass is 19.4. The van der Waals surface area contributed by atoms with Gasteiger partial charge in [-0.3, -0.25) is 4.79 Å². The molecule has 0 spiro atoms. The van der Waals surface area contributed by atoms with Crippen LogP contribution in [0, 0.1) is 11.3 Å². The maximum absolute atomic E-state index is 12.8. The van der Waals surface area contributed by atoms with Crippen LogP contribution in [0.5, 0.6) is 0 Å². The summed E-state index contributed by atoms with van der Waals surface area (Å²) >= 11 is 0. The van der Waals surface area contributed by atoms with Crippen LogP contribution in [0.2, 0.25) is 0 Å². The number of nitrogens with zero attached hydrogens (tertiary/aromatic N) is 2. The number of rotatable bonds is 2. The molecule has 2 atom stereocenters. The fourth-order valence-electron chi connectivity index (χ4n) is 3.77. The number of hydrogen-bond acceptors (Lipinski definition) is 4. The van der Waals surface area contributed by atoms with Gasteiger partial charge in [-0.2, -0.15) is 13.2 Å². The van der Waals surface area contributed by atoms with Gasteiger partial charge in [0.25, 0.3) is 0 Å². The Bertz CT molecular complexity index is 590. The summed E-state index contributed by atoms with van der Waals surface area (Å²) in [6.07, 6.45) is -0.668. The van der Waals surface area contributed by atoms with Gasteiger partial charge in [-0.05, 0) is 30.9 Å². The number of hydrogen-bond donors (Lipinski definition) is 0. The molecule has 0 aromatic carbocycles. The number of carbonyl (C=O) groups is 1.